The zero-order valence-corrected chi connectivity index (χ0v) is 52.3. The maximum atomic E-state index is 7.62. The van der Waals surface area contributed by atoms with Gasteiger partial charge in [0, 0.05) is 39.1 Å². The molecule has 2 aliphatic heterocycles. The Morgan fingerprint density at radius 2 is 1.04 bits per heavy atom. The molecule has 2 aliphatic carbocycles. The van der Waals surface area contributed by atoms with Gasteiger partial charge < -0.3 is 9.32 Å². The average molecular weight is 1100 g/mol. The monoisotopic (exact) mass is 1100 g/mol. The van der Waals surface area contributed by atoms with E-state index in [4.69, 9.17) is 4.42 Å². The first kappa shape index (κ1) is 54.1. The highest BCUT2D eigenvalue weighted by atomic mass is 16.4. The van der Waals surface area contributed by atoms with Crippen LogP contribution in [-0.4, -0.2) is 6.71 Å². The van der Waals surface area contributed by atoms with Gasteiger partial charge in [-0.25, -0.2) is 0 Å². The summed E-state index contributed by atoms with van der Waals surface area (Å²) >= 11 is 0. The molecule has 0 bridgehead atoms. The summed E-state index contributed by atoms with van der Waals surface area (Å²) in [5.74, 6) is 0.796. The van der Waals surface area contributed by atoms with Gasteiger partial charge in [-0.3, -0.25) is 4.90 Å². The highest BCUT2D eigenvalue weighted by Crippen LogP contribution is 2.60. The van der Waals surface area contributed by atoms with Crippen molar-refractivity contribution in [3.63, 3.8) is 0 Å². The Balaban J connectivity index is 1.13. The summed E-state index contributed by atoms with van der Waals surface area (Å²) in [6, 6.07) is 73.0. The zero-order chi connectivity index (χ0) is 58.8. The maximum absolute atomic E-state index is 7.62. The zero-order valence-electron chi connectivity index (χ0n) is 52.3. The standard InChI is InChI=1S/C80H81BN2O/c1-75(2,3)51-30-35-54(36-31-51)82(55-37-32-52(33-38-55)76(4,5)6)56-39-40-57-61(47-56)71(50-29-41-63-64(45-50)79(12,13)44-43-78(63,10)11)81-72-59-26-20-22-28-68(59)84-74(72)83(66-42-34-53(77(7,8)9)46-60(66)49-23-17-16-18-24-49)67-48-65-69(70(57)73(67)81)58-25-19-21-27-62(58)80(65,14)15/h16-42,45-48,71H,43-44H2,1-15H3. The molecule has 1 unspecified atom stereocenters. The summed E-state index contributed by atoms with van der Waals surface area (Å²) in [5.41, 5.74) is 28.9. The van der Waals surface area contributed by atoms with Crippen molar-refractivity contribution in [1.82, 2.24) is 0 Å². The van der Waals surface area contributed by atoms with E-state index in [9.17, 15) is 0 Å². The van der Waals surface area contributed by atoms with Crippen molar-refractivity contribution < 1.29 is 4.42 Å². The lowest BCUT2D eigenvalue weighted by atomic mass is 9.27. The van der Waals surface area contributed by atoms with Crippen molar-refractivity contribution in [2.75, 3.05) is 9.80 Å². The molecule has 84 heavy (non-hydrogen) atoms. The lowest BCUT2D eigenvalue weighted by molar-refractivity contribution is 0.331. The molecule has 10 aromatic rings. The molecule has 0 saturated carbocycles. The maximum Gasteiger partial charge on any atom is 0.232 e. The highest BCUT2D eigenvalue weighted by molar-refractivity contribution is 6.93. The number of furan rings is 1. The number of para-hydroxylation sites is 1. The molecule has 4 heteroatoms. The van der Waals surface area contributed by atoms with E-state index in [-0.39, 0.29) is 45.0 Å². The highest BCUT2D eigenvalue weighted by Gasteiger charge is 2.52. The van der Waals surface area contributed by atoms with Crippen molar-refractivity contribution in [1.29, 1.82) is 0 Å². The summed E-state index contributed by atoms with van der Waals surface area (Å²) in [5, 5.41) is 1.16. The molecular formula is C80H81BN2O. The predicted molar refractivity (Wildman–Crippen MR) is 359 cm³/mol. The van der Waals surface area contributed by atoms with Crippen molar-refractivity contribution in [2.24, 2.45) is 0 Å². The normalized spacial score (nSPS) is 17.0. The third-order valence-corrected chi connectivity index (χ3v) is 20.2. The number of rotatable bonds is 6. The number of fused-ring (bicyclic) bond motifs is 11. The Labute approximate surface area is 500 Å². The average Bonchev–Trinajstić information content (AvgIpc) is 1.42. The number of hydrogen-bond donors (Lipinski definition) is 0. The Bertz CT molecular complexity index is 4230. The smallest absolute Gasteiger partial charge is 0.232 e. The molecule has 3 heterocycles. The van der Waals surface area contributed by atoms with Gasteiger partial charge in [0.1, 0.15) is 5.58 Å². The van der Waals surface area contributed by atoms with E-state index in [0.717, 1.165) is 52.4 Å². The molecule has 0 amide bonds. The van der Waals surface area contributed by atoms with Gasteiger partial charge in [0.05, 0.1) is 5.69 Å². The minimum Gasteiger partial charge on any atom is -0.440 e. The summed E-state index contributed by atoms with van der Waals surface area (Å²) in [6.45, 7) is 35.5. The first-order valence-electron chi connectivity index (χ1n) is 30.9. The minimum atomic E-state index is -0.297. The Kier molecular flexibility index (Phi) is 12.0. The molecule has 0 radical (unpaired) electrons. The summed E-state index contributed by atoms with van der Waals surface area (Å²) < 4.78 is 7.62. The van der Waals surface area contributed by atoms with Crippen molar-refractivity contribution in [3.05, 3.63) is 238 Å². The lowest BCUT2D eigenvalue weighted by Gasteiger charge is -2.45. The van der Waals surface area contributed by atoms with Crippen LogP contribution < -0.4 is 20.7 Å². The fourth-order valence-corrected chi connectivity index (χ4v) is 15.2. The van der Waals surface area contributed by atoms with Crippen molar-refractivity contribution >= 4 is 62.9 Å². The van der Waals surface area contributed by atoms with Crippen LogP contribution in [0.1, 0.15) is 173 Å². The van der Waals surface area contributed by atoms with Gasteiger partial charge in [0.2, 0.25) is 12.6 Å². The largest absolute Gasteiger partial charge is 0.440 e. The Morgan fingerprint density at radius 3 is 1.69 bits per heavy atom. The summed E-state index contributed by atoms with van der Waals surface area (Å²) in [7, 11) is 0. The van der Waals surface area contributed by atoms with Crippen LogP contribution in [0.15, 0.2) is 192 Å². The second-order valence-corrected chi connectivity index (χ2v) is 30.0. The topological polar surface area (TPSA) is 19.6 Å². The fourth-order valence-electron chi connectivity index (χ4n) is 15.2. The molecule has 9 aromatic carbocycles. The Hall–Kier alpha value is -7.82. The number of nitrogens with zero attached hydrogens (tertiary/aromatic N) is 2. The molecule has 0 saturated heterocycles. The van der Waals surface area contributed by atoms with Gasteiger partial charge in [0.15, 0.2) is 0 Å². The van der Waals surface area contributed by atoms with E-state index in [0.29, 0.717) is 0 Å². The van der Waals surface area contributed by atoms with Gasteiger partial charge in [-0.15, -0.1) is 0 Å². The summed E-state index contributed by atoms with van der Waals surface area (Å²) in [6.07, 6.45) is 2.30. The van der Waals surface area contributed by atoms with Crippen LogP contribution in [0.5, 0.6) is 0 Å². The van der Waals surface area contributed by atoms with Crippen LogP contribution >= 0.6 is 0 Å². The van der Waals surface area contributed by atoms with Gasteiger partial charge in [-0.2, -0.15) is 0 Å². The number of hydrogen-bond acceptors (Lipinski definition) is 3. The van der Waals surface area contributed by atoms with E-state index in [2.05, 4.69) is 302 Å². The minimum absolute atomic E-state index is 0.00144. The third kappa shape index (κ3) is 8.35. The second-order valence-electron chi connectivity index (χ2n) is 30.0. The fraction of sp³-hybridized carbons (Fsp3) is 0.300. The van der Waals surface area contributed by atoms with Crippen LogP contribution in [-0.2, 0) is 32.5 Å². The molecule has 1 aromatic heterocycles. The predicted octanol–water partition coefficient (Wildman–Crippen LogP) is 20.9. The van der Waals surface area contributed by atoms with Crippen LogP contribution in [0.25, 0.3) is 44.3 Å². The first-order chi connectivity index (χ1) is 39.8. The molecule has 420 valence electrons. The molecule has 0 spiro atoms. The third-order valence-electron chi connectivity index (χ3n) is 20.2. The molecule has 1 atom stereocenters. The molecule has 0 N–H and O–H groups in total. The second kappa shape index (κ2) is 18.6. The van der Waals surface area contributed by atoms with Gasteiger partial charge >= 0.3 is 0 Å². The van der Waals surface area contributed by atoms with Crippen LogP contribution in [0.4, 0.5) is 34.3 Å². The first-order valence-corrected chi connectivity index (χ1v) is 30.9. The van der Waals surface area contributed by atoms with Crippen LogP contribution in [0.3, 0.4) is 0 Å². The van der Waals surface area contributed by atoms with Gasteiger partial charge in [0.25, 0.3) is 0 Å². The SMILES string of the molecule is CC(C)(C)c1ccc(N(c2ccc(C(C)(C)C)cc2)c2ccc3c(c2)C(c2ccc4c(c2)C(C)(C)CCC4(C)C)B2c4c(cc5c(c4-3)-c3ccccc3C5(C)C)N(c3ccc(C(C)(C)C)cc3-c3ccccc3)c3oc4ccccc4c32)cc1. The molecule has 14 rings (SSSR count). The Morgan fingerprint density at radius 1 is 0.452 bits per heavy atom. The van der Waals surface area contributed by atoms with Gasteiger partial charge in [-0.1, -0.05) is 231 Å². The molecule has 0 fully saturated rings. The molecular weight excluding hydrogens is 1020 g/mol. The molecule has 4 aliphatic rings. The van der Waals surface area contributed by atoms with Crippen LogP contribution in [0.2, 0.25) is 0 Å². The van der Waals surface area contributed by atoms with Crippen molar-refractivity contribution in [3.8, 4) is 33.4 Å². The van der Waals surface area contributed by atoms with E-state index in [1.54, 1.807) is 0 Å². The van der Waals surface area contributed by atoms with E-state index < -0.39 is 0 Å². The summed E-state index contributed by atoms with van der Waals surface area (Å²) in [4.78, 5) is 5.06. The van der Waals surface area contributed by atoms with E-state index in [1.807, 2.05) is 0 Å². The van der Waals surface area contributed by atoms with Crippen LogP contribution in [0, 0.1) is 0 Å². The van der Waals surface area contributed by atoms with E-state index in [1.165, 1.54) is 100 Å². The number of anilines is 6. The molecule has 3 nitrogen and oxygen atoms in total. The van der Waals surface area contributed by atoms with Gasteiger partial charge in [-0.05, 0) is 195 Å². The quantitative estimate of drug-likeness (QED) is 0.155. The van der Waals surface area contributed by atoms with E-state index >= 15 is 0 Å². The lowest BCUT2D eigenvalue weighted by Crippen LogP contribution is -2.56. The van der Waals surface area contributed by atoms with Crippen molar-refractivity contribution in [2.45, 2.75) is 155 Å². The number of benzene rings is 9.